The Balaban J connectivity index is 2.51. The van der Waals surface area contributed by atoms with Gasteiger partial charge in [0.15, 0.2) is 0 Å². The summed E-state index contributed by atoms with van der Waals surface area (Å²) in [5.74, 6) is -0.353. The fourth-order valence-corrected chi connectivity index (χ4v) is 2.82. The molecule has 8 heteroatoms. The molecule has 1 heterocycles. The van der Waals surface area contributed by atoms with Gasteiger partial charge in [0, 0.05) is 30.5 Å². The number of rotatable bonds is 7. The van der Waals surface area contributed by atoms with E-state index in [-0.39, 0.29) is 18.6 Å². The highest BCUT2D eigenvalue weighted by molar-refractivity contribution is 7.88. The zero-order valence-corrected chi connectivity index (χ0v) is 13.7. The lowest BCUT2D eigenvalue weighted by Crippen LogP contribution is -2.39. The van der Waals surface area contributed by atoms with E-state index in [1.807, 2.05) is 19.1 Å². The fourth-order valence-electron chi connectivity index (χ4n) is 1.51. The van der Waals surface area contributed by atoms with E-state index in [1.54, 1.807) is 18.4 Å². The van der Waals surface area contributed by atoms with Crippen LogP contribution < -0.4 is 5.32 Å². The van der Waals surface area contributed by atoms with Crippen molar-refractivity contribution in [3.05, 3.63) is 21.9 Å². The number of thiophene rings is 1. The van der Waals surface area contributed by atoms with Crippen molar-refractivity contribution >= 4 is 27.3 Å². The summed E-state index contributed by atoms with van der Waals surface area (Å²) in [7, 11) is -0.403. The third-order valence-electron chi connectivity index (χ3n) is 2.78. The smallest absolute Gasteiger partial charge is 0.235 e. The molecular formula is C12H20N2O4S2. The van der Waals surface area contributed by atoms with E-state index in [0.29, 0.717) is 6.54 Å². The van der Waals surface area contributed by atoms with Crippen LogP contribution in [0.4, 0.5) is 0 Å². The molecular weight excluding hydrogens is 300 g/mol. The molecule has 1 unspecified atom stereocenters. The number of amides is 1. The van der Waals surface area contributed by atoms with Crippen molar-refractivity contribution in [2.45, 2.75) is 13.0 Å². The number of ether oxygens (including phenoxy) is 1. The maximum absolute atomic E-state index is 11.7. The van der Waals surface area contributed by atoms with Gasteiger partial charge in [-0.15, -0.1) is 11.3 Å². The first-order valence-corrected chi connectivity index (χ1v) is 8.67. The van der Waals surface area contributed by atoms with Gasteiger partial charge in [0.1, 0.15) is 6.10 Å². The minimum Gasteiger partial charge on any atom is -0.374 e. The summed E-state index contributed by atoms with van der Waals surface area (Å²) in [5, 5.41) is 2.68. The minimum absolute atomic E-state index is 0.196. The molecule has 0 aliphatic heterocycles. The topological polar surface area (TPSA) is 75.7 Å². The van der Waals surface area contributed by atoms with Crippen molar-refractivity contribution in [2.24, 2.45) is 0 Å². The lowest BCUT2D eigenvalue weighted by atomic mass is 10.3. The van der Waals surface area contributed by atoms with Crippen LogP contribution in [-0.4, -0.2) is 52.1 Å². The van der Waals surface area contributed by atoms with Crippen LogP contribution >= 0.6 is 11.3 Å². The number of likely N-dealkylation sites (N-methyl/N-ethyl adjacent to an activating group) is 1. The number of nitrogens with zero attached hydrogens (tertiary/aromatic N) is 1. The van der Waals surface area contributed by atoms with Gasteiger partial charge in [0.05, 0.1) is 12.8 Å². The number of nitrogens with one attached hydrogen (secondary N) is 1. The van der Waals surface area contributed by atoms with Crippen LogP contribution in [0, 0.1) is 6.92 Å². The van der Waals surface area contributed by atoms with Crippen LogP contribution in [0.2, 0.25) is 0 Å². The number of aryl methyl sites for hydroxylation is 1. The second kappa shape index (κ2) is 7.16. The minimum atomic E-state index is -3.35. The number of hydrogen-bond acceptors (Lipinski definition) is 5. The largest absolute Gasteiger partial charge is 0.374 e. The Morgan fingerprint density at radius 3 is 2.60 bits per heavy atom. The summed E-state index contributed by atoms with van der Waals surface area (Å²) in [4.78, 5) is 13.9. The molecule has 0 fully saturated rings. The zero-order valence-electron chi connectivity index (χ0n) is 12.0. The average molecular weight is 320 g/mol. The van der Waals surface area contributed by atoms with Gasteiger partial charge in [-0.1, -0.05) is 0 Å². The summed E-state index contributed by atoms with van der Waals surface area (Å²) in [5.41, 5.74) is 0. The first kappa shape index (κ1) is 17.1. The standard InChI is InChI=1S/C12H20N2O4S2/c1-9-5-6-11(19-9)10(18-3)7-13-12(15)8-14(2)20(4,16)17/h5-6,10H,7-8H2,1-4H3,(H,13,15). The number of carbonyl (C=O) groups is 1. The molecule has 1 amide bonds. The van der Waals surface area contributed by atoms with Gasteiger partial charge in [-0.05, 0) is 19.1 Å². The van der Waals surface area contributed by atoms with Gasteiger partial charge in [0.25, 0.3) is 0 Å². The molecule has 114 valence electrons. The summed E-state index contributed by atoms with van der Waals surface area (Å²) < 4.78 is 28.8. The Labute approximate surface area is 123 Å². The lowest BCUT2D eigenvalue weighted by Gasteiger charge is -2.17. The molecule has 0 aromatic carbocycles. The van der Waals surface area contributed by atoms with Gasteiger partial charge in [-0.3, -0.25) is 4.79 Å². The first-order valence-electron chi connectivity index (χ1n) is 6.01. The van der Waals surface area contributed by atoms with E-state index in [4.69, 9.17) is 4.74 Å². The monoisotopic (exact) mass is 320 g/mol. The molecule has 6 nitrogen and oxygen atoms in total. The molecule has 20 heavy (non-hydrogen) atoms. The van der Waals surface area contributed by atoms with Crippen molar-refractivity contribution in [3.63, 3.8) is 0 Å². The van der Waals surface area contributed by atoms with E-state index in [0.717, 1.165) is 15.4 Å². The van der Waals surface area contributed by atoms with E-state index >= 15 is 0 Å². The van der Waals surface area contributed by atoms with Crippen LogP contribution in [-0.2, 0) is 19.6 Å². The van der Waals surface area contributed by atoms with Crippen molar-refractivity contribution in [2.75, 3.05) is 33.5 Å². The Hall–Kier alpha value is -0.960. The van der Waals surface area contributed by atoms with Gasteiger partial charge < -0.3 is 10.1 Å². The van der Waals surface area contributed by atoms with Crippen LogP contribution in [0.15, 0.2) is 12.1 Å². The molecule has 1 aromatic rings. The van der Waals surface area contributed by atoms with E-state index in [9.17, 15) is 13.2 Å². The third kappa shape index (κ3) is 5.20. The molecule has 0 radical (unpaired) electrons. The molecule has 0 aliphatic carbocycles. The van der Waals surface area contributed by atoms with Gasteiger partial charge in [-0.25, -0.2) is 8.42 Å². The van der Waals surface area contributed by atoms with Crippen molar-refractivity contribution in [1.29, 1.82) is 0 Å². The quantitative estimate of drug-likeness (QED) is 0.804. The van der Waals surface area contributed by atoms with Gasteiger partial charge in [-0.2, -0.15) is 4.31 Å². The van der Waals surface area contributed by atoms with Crippen molar-refractivity contribution in [3.8, 4) is 0 Å². The predicted octanol–water partition coefficient (Wildman–Crippen LogP) is 0.752. The second-order valence-electron chi connectivity index (χ2n) is 4.50. The molecule has 1 N–H and O–H groups in total. The number of carbonyl (C=O) groups excluding carboxylic acids is 1. The summed E-state index contributed by atoms with van der Waals surface area (Å²) >= 11 is 1.61. The summed E-state index contributed by atoms with van der Waals surface area (Å²) in [6.45, 7) is 2.12. The highest BCUT2D eigenvalue weighted by atomic mass is 32.2. The van der Waals surface area contributed by atoms with Crippen LogP contribution in [0.1, 0.15) is 15.9 Å². The maximum Gasteiger partial charge on any atom is 0.235 e. The lowest BCUT2D eigenvalue weighted by molar-refractivity contribution is -0.121. The first-order chi connectivity index (χ1) is 9.24. The molecule has 0 saturated carbocycles. The maximum atomic E-state index is 11.7. The molecule has 1 atom stereocenters. The van der Waals surface area contributed by atoms with E-state index in [1.165, 1.54) is 11.9 Å². The van der Waals surface area contributed by atoms with Crippen molar-refractivity contribution < 1.29 is 17.9 Å². The SMILES string of the molecule is COC(CNC(=O)CN(C)S(C)(=O)=O)c1ccc(C)s1. The van der Waals surface area contributed by atoms with Crippen LogP contribution in [0.25, 0.3) is 0 Å². The Morgan fingerprint density at radius 1 is 1.50 bits per heavy atom. The van der Waals surface area contributed by atoms with Crippen LogP contribution in [0.3, 0.4) is 0 Å². The van der Waals surface area contributed by atoms with Crippen molar-refractivity contribution in [1.82, 2.24) is 9.62 Å². The predicted molar refractivity (Wildman–Crippen MR) is 79.3 cm³/mol. The highest BCUT2D eigenvalue weighted by Gasteiger charge is 2.17. The van der Waals surface area contributed by atoms with E-state index < -0.39 is 10.0 Å². The second-order valence-corrected chi connectivity index (χ2v) is 7.90. The normalized spacial score (nSPS) is 13.4. The number of sulfonamides is 1. The molecule has 0 aliphatic rings. The summed E-state index contributed by atoms with van der Waals surface area (Å²) in [6.07, 6.45) is 0.841. The molecule has 0 bridgehead atoms. The van der Waals surface area contributed by atoms with E-state index in [2.05, 4.69) is 5.32 Å². The Morgan fingerprint density at radius 2 is 2.15 bits per heavy atom. The van der Waals surface area contributed by atoms with Gasteiger partial charge in [0.2, 0.25) is 15.9 Å². The Kier molecular flexibility index (Phi) is 6.12. The fraction of sp³-hybridized carbons (Fsp3) is 0.583. The molecule has 1 aromatic heterocycles. The van der Waals surface area contributed by atoms with Gasteiger partial charge >= 0.3 is 0 Å². The third-order valence-corrected chi connectivity index (χ3v) is 5.13. The highest BCUT2D eigenvalue weighted by Crippen LogP contribution is 2.24. The molecule has 0 saturated heterocycles. The number of hydrogen-bond donors (Lipinski definition) is 1. The van der Waals surface area contributed by atoms with Crippen LogP contribution in [0.5, 0.6) is 0 Å². The average Bonchev–Trinajstić information content (AvgIpc) is 2.75. The Bertz CT molecular complexity index is 554. The number of methoxy groups -OCH3 is 1. The molecule has 0 spiro atoms. The zero-order chi connectivity index (χ0) is 15.3. The molecule has 1 rings (SSSR count). The summed E-state index contributed by atoms with van der Waals surface area (Å²) in [6, 6.07) is 3.95.